The van der Waals surface area contributed by atoms with Gasteiger partial charge >= 0.3 is 6.18 Å². The fraction of sp³-hybridized carbons (Fsp3) is 0.250. The molecule has 0 bridgehead atoms. The standard InChI is InChI=1S/C8H5Br3F3N/c9-4-1-5(10)7(6(11)2-4)15-3-8(12,13)14/h1-2,15H,3H2. The van der Waals surface area contributed by atoms with Crippen molar-refractivity contribution in [2.24, 2.45) is 0 Å². The molecule has 0 aliphatic heterocycles. The molecule has 0 aliphatic rings. The molecule has 0 fully saturated rings. The zero-order valence-electron chi connectivity index (χ0n) is 7.13. The molecule has 15 heavy (non-hydrogen) atoms. The molecule has 0 heterocycles. The van der Waals surface area contributed by atoms with E-state index in [1.54, 1.807) is 12.1 Å². The molecule has 0 atom stereocenters. The van der Waals surface area contributed by atoms with Crippen LogP contribution in [0.4, 0.5) is 18.9 Å². The highest BCUT2D eigenvalue weighted by molar-refractivity contribution is 9.11. The third-order valence-corrected chi connectivity index (χ3v) is 3.18. The van der Waals surface area contributed by atoms with Crippen LogP contribution in [-0.4, -0.2) is 12.7 Å². The highest BCUT2D eigenvalue weighted by Crippen LogP contribution is 2.34. The molecule has 1 aromatic carbocycles. The van der Waals surface area contributed by atoms with Crippen LogP contribution < -0.4 is 5.32 Å². The van der Waals surface area contributed by atoms with Gasteiger partial charge in [-0.15, -0.1) is 0 Å². The van der Waals surface area contributed by atoms with Crippen molar-refractivity contribution in [2.45, 2.75) is 6.18 Å². The van der Waals surface area contributed by atoms with Crippen LogP contribution in [0.5, 0.6) is 0 Å². The number of hydrogen-bond donors (Lipinski definition) is 1. The molecule has 1 rings (SSSR count). The van der Waals surface area contributed by atoms with Crippen LogP contribution in [0, 0.1) is 0 Å². The van der Waals surface area contributed by atoms with Gasteiger partial charge in [0.2, 0.25) is 0 Å². The second-order valence-corrected chi connectivity index (χ2v) is 5.34. The summed E-state index contributed by atoms with van der Waals surface area (Å²) in [5.74, 6) is 0. The van der Waals surface area contributed by atoms with Crippen molar-refractivity contribution in [2.75, 3.05) is 11.9 Å². The van der Waals surface area contributed by atoms with Crippen LogP contribution in [0.2, 0.25) is 0 Å². The second kappa shape index (κ2) is 5.05. The lowest BCUT2D eigenvalue weighted by molar-refractivity contribution is -0.115. The Balaban J connectivity index is 2.86. The molecule has 0 unspecified atom stereocenters. The lowest BCUT2D eigenvalue weighted by atomic mass is 10.3. The van der Waals surface area contributed by atoms with Gasteiger partial charge in [-0.3, -0.25) is 0 Å². The average molecular weight is 412 g/mol. The molecule has 0 saturated carbocycles. The zero-order chi connectivity index (χ0) is 11.6. The zero-order valence-corrected chi connectivity index (χ0v) is 11.9. The number of anilines is 1. The summed E-state index contributed by atoms with van der Waals surface area (Å²) in [4.78, 5) is 0. The fourth-order valence-electron chi connectivity index (χ4n) is 0.900. The highest BCUT2D eigenvalue weighted by Gasteiger charge is 2.27. The Hall–Kier alpha value is 0.250. The van der Waals surface area contributed by atoms with Crippen molar-refractivity contribution in [3.05, 3.63) is 25.6 Å². The molecule has 7 heteroatoms. The minimum absolute atomic E-state index is 0.385. The average Bonchev–Trinajstić information content (AvgIpc) is 1.99. The largest absolute Gasteiger partial charge is 0.405 e. The quantitative estimate of drug-likeness (QED) is 0.726. The Morgan fingerprint density at radius 2 is 1.53 bits per heavy atom. The maximum atomic E-state index is 12.0. The molecular formula is C8H5Br3F3N. The van der Waals surface area contributed by atoms with Gasteiger partial charge in [-0.05, 0) is 44.0 Å². The van der Waals surface area contributed by atoms with Crippen molar-refractivity contribution in [1.82, 2.24) is 0 Å². The number of benzene rings is 1. The minimum atomic E-state index is -4.23. The summed E-state index contributed by atoms with van der Waals surface area (Å²) in [5.41, 5.74) is 0.385. The molecule has 1 N–H and O–H groups in total. The van der Waals surface area contributed by atoms with E-state index in [2.05, 4.69) is 53.1 Å². The monoisotopic (exact) mass is 409 g/mol. The van der Waals surface area contributed by atoms with Gasteiger partial charge in [0, 0.05) is 13.4 Å². The van der Waals surface area contributed by atoms with E-state index in [-0.39, 0.29) is 0 Å². The van der Waals surface area contributed by atoms with Crippen molar-refractivity contribution in [3.63, 3.8) is 0 Å². The molecule has 84 valence electrons. The summed E-state index contributed by atoms with van der Waals surface area (Å²) >= 11 is 9.58. The molecule has 0 aliphatic carbocycles. The predicted octanol–water partition coefficient (Wildman–Crippen LogP) is 4.95. The molecule has 1 aromatic rings. The summed E-state index contributed by atoms with van der Waals surface area (Å²) in [6, 6.07) is 3.34. The third kappa shape index (κ3) is 4.32. The molecule has 0 amide bonds. The van der Waals surface area contributed by atoms with E-state index in [0.29, 0.717) is 14.6 Å². The van der Waals surface area contributed by atoms with Crippen LogP contribution in [0.25, 0.3) is 0 Å². The Kier molecular flexibility index (Phi) is 4.49. The Labute approximate surface area is 110 Å². The van der Waals surface area contributed by atoms with E-state index in [1.165, 1.54) is 0 Å². The first-order valence-electron chi connectivity index (χ1n) is 3.75. The Morgan fingerprint density at radius 1 is 1.07 bits per heavy atom. The molecule has 1 nitrogen and oxygen atoms in total. The van der Waals surface area contributed by atoms with Gasteiger partial charge in [0.25, 0.3) is 0 Å². The van der Waals surface area contributed by atoms with Crippen molar-refractivity contribution in [1.29, 1.82) is 0 Å². The van der Waals surface area contributed by atoms with Gasteiger partial charge in [-0.1, -0.05) is 15.9 Å². The van der Waals surface area contributed by atoms with E-state index in [0.717, 1.165) is 4.47 Å². The van der Waals surface area contributed by atoms with Crippen LogP contribution in [0.1, 0.15) is 0 Å². The van der Waals surface area contributed by atoms with Crippen LogP contribution >= 0.6 is 47.8 Å². The third-order valence-electron chi connectivity index (χ3n) is 1.47. The number of hydrogen-bond acceptors (Lipinski definition) is 1. The molecule has 0 saturated heterocycles. The van der Waals surface area contributed by atoms with Crippen LogP contribution in [0.15, 0.2) is 25.6 Å². The predicted molar refractivity (Wildman–Crippen MR) is 64.1 cm³/mol. The summed E-state index contributed by atoms with van der Waals surface area (Å²) in [5, 5.41) is 2.31. The van der Waals surface area contributed by atoms with E-state index >= 15 is 0 Å². The van der Waals surface area contributed by atoms with E-state index in [9.17, 15) is 13.2 Å². The normalized spacial score (nSPS) is 11.6. The van der Waals surface area contributed by atoms with Crippen molar-refractivity contribution in [3.8, 4) is 0 Å². The van der Waals surface area contributed by atoms with E-state index in [1.807, 2.05) is 0 Å². The molecule has 0 spiro atoms. The second-order valence-electron chi connectivity index (χ2n) is 2.71. The number of rotatable bonds is 2. The minimum Gasteiger partial charge on any atom is -0.375 e. The lowest BCUT2D eigenvalue weighted by Gasteiger charge is -2.13. The Bertz CT molecular complexity index is 342. The molecular weight excluding hydrogens is 407 g/mol. The maximum absolute atomic E-state index is 12.0. The summed E-state index contributed by atoms with van der Waals surface area (Å²) < 4.78 is 37.8. The fourth-order valence-corrected chi connectivity index (χ4v) is 3.44. The number of halogens is 6. The number of nitrogens with one attached hydrogen (secondary N) is 1. The smallest absolute Gasteiger partial charge is 0.375 e. The van der Waals surface area contributed by atoms with Gasteiger partial charge < -0.3 is 5.32 Å². The molecule has 0 aromatic heterocycles. The van der Waals surface area contributed by atoms with E-state index in [4.69, 9.17) is 0 Å². The highest BCUT2D eigenvalue weighted by atomic mass is 79.9. The first kappa shape index (κ1) is 13.3. The lowest BCUT2D eigenvalue weighted by Crippen LogP contribution is -2.21. The summed E-state index contributed by atoms with van der Waals surface area (Å²) in [6.07, 6.45) is -4.23. The van der Waals surface area contributed by atoms with Gasteiger partial charge in [-0.2, -0.15) is 13.2 Å². The van der Waals surface area contributed by atoms with Crippen molar-refractivity contribution >= 4 is 53.5 Å². The van der Waals surface area contributed by atoms with Crippen LogP contribution in [-0.2, 0) is 0 Å². The van der Waals surface area contributed by atoms with Gasteiger partial charge in [0.15, 0.2) is 0 Å². The van der Waals surface area contributed by atoms with Gasteiger partial charge in [0.05, 0.1) is 5.69 Å². The van der Waals surface area contributed by atoms with Gasteiger partial charge in [0.1, 0.15) is 6.54 Å². The number of alkyl halides is 3. The van der Waals surface area contributed by atoms with Crippen molar-refractivity contribution < 1.29 is 13.2 Å². The maximum Gasteiger partial charge on any atom is 0.405 e. The van der Waals surface area contributed by atoms with Crippen LogP contribution in [0.3, 0.4) is 0 Å². The molecule has 0 radical (unpaired) electrons. The Morgan fingerprint density at radius 3 is 1.93 bits per heavy atom. The van der Waals surface area contributed by atoms with Gasteiger partial charge in [-0.25, -0.2) is 0 Å². The van der Waals surface area contributed by atoms with E-state index < -0.39 is 12.7 Å². The SMILES string of the molecule is FC(F)(F)CNc1c(Br)cc(Br)cc1Br. The summed E-state index contributed by atoms with van der Waals surface area (Å²) in [7, 11) is 0. The first-order chi connectivity index (χ1) is 6.79. The summed E-state index contributed by atoms with van der Waals surface area (Å²) in [6.45, 7) is -1.06. The topological polar surface area (TPSA) is 12.0 Å². The first-order valence-corrected chi connectivity index (χ1v) is 6.12.